The van der Waals surface area contributed by atoms with Crippen molar-refractivity contribution in [3.63, 3.8) is 0 Å². The summed E-state index contributed by atoms with van der Waals surface area (Å²) in [6.45, 7) is 5.84. The normalized spacial score (nSPS) is 29.9. The molecule has 4 nitrogen and oxygen atoms in total. The Balaban J connectivity index is 1.38. The van der Waals surface area contributed by atoms with Gasteiger partial charge in [0.15, 0.2) is 0 Å². The first-order valence-corrected chi connectivity index (χ1v) is 9.68. The Morgan fingerprint density at radius 1 is 1.16 bits per heavy atom. The van der Waals surface area contributed by atoms with Crippen molar-refractivity contribution < 1.29 is 9.47 Å². The third kappa shape index (κ3) is 3.91. The maximum atomic E-state index is 5.55. The number of hydrogen-bond donors (Lipinski definition) is 1. The zero-order valence-electron chi connectivity index (χ0n) is 15.2. The molecule has 1 heterocycles. The third-order valence-electron chi connectivity index (χ3n) is 6.15. The molecule has 4 heteroatoms. The highest BCUT2D eigenvalue weighted by molar-refractivity contribution is 5.29. The number of rotatable bonds is 7. The molecule has 136 valence electrons. The maximum Gasteiger partial charge on any atom is 0.118 e. The number of fused-ring (bicyclic) bond motifs is 2. The fourth-order valence-corrected chi connectivity index (χ4v) is 4.71. The van der Waals surface area contributed by atoms with E-state index in [2.05, 4.69) is 46.6 Å². The van der Waals surface area contributed by atoms with Crippen LogP contribution in [-0.4, -0.2) is 51.4 Å². The maximum absolute atomic E-state index is 5.55. The number of methoxy groups -OCH3 is 1. The fraction of sp³-hybridized carbons (Fsp3) is 0.619. The number of morpholine rings is 1. The molecular weight excluding hydrogens is 312 g/mol. The van der Waals surface area contributed by atoms with Crippen molar-refractivity contribution in [2.45, 2.75) is 18.9 Å². The van der Waals surface area contributed by atoms with Gasteiger partial charge >= 0.3 is 0 Å². The summed E-state index contributed by atoms with van der Waals surface area (Å²) in [6.07, 6.45) is 7.63. The first-order valence-electron chi connectivity index (χ1n) is 9.68. The quantitative estimate of drug-likeness (QED) is 0.773. The minimum absolute atomic E-state index is 0.406. The molecule has 0 aromatic heterocycles. The average molecular weight is 342 g/mol. The molecule has 1 saturated carbocycles. The van der Waals surface area contributed by atoms with Gasteiger partial charge in [-0.2, -0.15) is 0 Å². The number of hydrogen-bond acceptors (Lipinski definition) is 4. The van der Waals surface area contributed by atoms with Gasteiger partial charge < -0.3 is 14.8 Å². The second-order valence-corrected chi connectivity index (χ2v) is 7.64. The Morgan fingerprint density at radius 2 is 1.96 bits per heavy atom. The molecule has 1 aromatic rings. The molecule has 0 radical (unpaired) electrons. The number of allylic oxidation sites excluding steroid dienone is 2. The van der Waals surface area contributed by atoms with Gasteiger partial charge in [0.1, 0.15) is 5.75 Å². The van der Waals surface area contributed by atoms with Crippen molar-refractivity contribution in [2.24, 2.45) is 17.8 Å². The van der Waals surface area contributed by atoms with Gasteiger partial charge in [-0.3, -0.25) is 4.90 Å². The third-order valence-corrected chi connectivity index (χ3v) is 6.15. The van der Waals surface area contributed by atoms with Gasteiger partial charge in [-0.25, -0.2) is 0 Å². The number of nitrogens with zero attached hydrogens (tertiary/aromatic N) is 1. The van der Waals surface area contributed by atoms with E-state index in [-0.39, 0.29) is 0 Å². The van der Waals surface area contributed by atoms with Crippen molar-refractivity contribution in [1.82, 2.24) is 10.2 Å². The molecule has 2 bridgehead atoms. The summed E-state index contributed by atoms with van der Waals surface area (Å²) in [4.78, 5) is 2.55. The standard InChI is InChI=1S/C21H30N2O2/c1-24-20-6-4-17(5-7-20)21(23-8-10-25-11-9-23)15-22-14-19-13-16-2-3-18(19)12-16/h2-7,16,18-19,21-22H,8-15H2,1H3. The van der Waals surface area contributed by atoms with Crippen LogP contribution >= 0.6 is 0 Å². The van der Waals surface area contributed by atoms with E-state index in [1.165, 1.54) is 18.4 Å². The molecule has 2 fully saturated rings. The van der Waals surface area contributed by atoms with Crippen LogP contribution in [0.2, 0.25) is 0 Å². The number of benzene rings is 1. The van der Waals surface area contributed by atoms with Gasteiger partial charge in [0.05, 0.1) is 20.3 Å². The summed E-state index contributed by atoms with van der Waals surface area (Å²) in [5, 5.41) is 3.79. The van der Waals surface area contributed by atoms with E-state index in [9.17, 15) is 0 Å². The lowest BCUT2D eigenvalue weighted by Gasteiger charge is -2.35. The van der Waals surface area contributed by atoms with Crippen LogP contribution in [0.15, 0.2) is 36.4 Å². The highest BCUT2D eigenvalue weighted by Gasteiger charge is 2.35. The number of nitrogens with one attached hydrogen (secondary N) is 1. The molecule has 2 aliphatic carbocycles. The van der Waals surface area contributed by atoms with Crippen LogP contribution in [0.25, 0.3) is 0 Å². The highest BCUT2D eigenvalue weighted by Crippen LogP contribution is 2.43. The van der Waals surface area contributed by atoms with E-state index in [4.69, 9.17) is 9.47 Å². The van der Waals surface area contributed by atoms with Crippen molar-refractivity contribution in [3.8, 4) is 5.75 Å². The van der Waals surface area contributed by atoms with Gasteiger partial charge in [-0.1, -0.05) is 24.3 Å². The zero-order valence-corrected chi connectivity index (χ0v) is 15.2. The van der Waals surface area contributed by atoms with Crippen LogP contribution in [0.4, 0.5) is 0 Å². The number of ether oxygens (including phenoxy) is 2. The Hall–Kier alpha value is -1.36. The lowest BCUT2D eigenvalue weighted by molar-refractivity contribution is 0.0159. The van der Waals surface area contributed by atoms with E-state index in [0.717, 1.165) is 62.9 Å². The predicted octanol–water partition coefficient (Wildman–Crippen LogP) is 2.87. The summed E-state index contributed by atoms with van der Waals surface area (Å²) in [7, 11) is 1.72. The van der Waals surface area contributed by atoms with Gasteiger partial charge in [0.2, 0.25) is 0 Å². The smallest absolute Gasteiger partial charge is 0.118 e. The lowest BCUT2D eigenvalue weighted by atomic mass is 9.93. The van der Waals surface area contributed by atoms with Gasteiger partial charge in [-0.15, -0.1) is 0 Å². The molecule has 1 N–H and O–H groups in total. The summed E-state index contributed by atoms with van der Waals surface area (Å²) in [5.41, 5.74) is 1.36. The SMILES string of the molecule is COc1ccc(C(CNCC2CC3C=CC2C3)N2CCOCC2)cc1. The van der Waals surface area contributed by atoms with Crippen molar-refractivity contribution >= 4 is 0 Å². The van der Waals surface area contributed by atoms with Crippen molar-refractivity contribution in [3.05, 3.63) is 42.0 Å². The van der Waals surface area contributed by atoms with E-state index in [1.807, 2.05) is 0 Å². The van der Waals surface area contributed by atoms with Gasteiger partial charge in [-0.05, 0) is 54.8 Å². The Kier molecular flexibility index (Phi) is 5.39. The van der Waals surface area contributed by atoms with Crippen molar-refractivity contribution in [1.29, 1.82) is 0 Å². The summed E-state index contributed by atoms with van der Waals surface area (Å²) in [6, 6.07) is 8.97. The minimum atomic E-state index is 0.406. The Labute approximate surface area is 151 Å². The van der Waals surface area contributed by atoms with Crippen LogP contribution in [0, 0.1) is 17.8 Å². The highest BCUT2D eigenvalue weighted by atomic mass is 16.5. The van der Waals surface area contributed by atoms with Gasteiger partial charge in [0.25, 0.3) is 0 Å². The summed E-state index contributed by atoms with van der Waals surface area (Å²) < 4.78 is 10.9. The second kappa shape index (κ2) is 7.90. The van der Waals surface area contributed by atoms with Crippen LogP contribution in [0.5, 0.6) is 5.75 Å². The molecule has 3 aliphatic rings. The van der Waals surface area contributed by atoms with Crippen molar-refractivity contribution in [2.75, 3.05) is 46.5 Å². The van der Waals surface area contributed by atoms with Gasteiger partial charge in [0, 0.05) is 25.7 Å². The van der Waals surface area contributed by atoms with E-state index in [0.29, 0.717) is 6.04 Å². The molecule has 1 saturated heterocycles. The first-order chi connectivity index (χ1) is 12.3. The molecule has 25 heavy (non-hydrogen) atoms. The molecule has 4 unspecified atom stereocenters. The summed E-state index contributed by atoms with van der Waals surface area (Å²) in [5.74, 6) is 3.43. The predicted molar refractivity (Wildman–Crippen MR) is 99.8 cm³/mol. The molecule has 0 spiro atoms. The molecule has 0 amide bonds. The monoisotopic (exact) mass is 342 g/mol. The van der Waals surface area contributed by atoms with E-state index in [1.54, 1.807) is 7.11 Å². The van der Waals surface area contributed by atoms with E-state index >= 15 is 0 Å². The fourth-order valence-electron chi connectivity index (χ4n) is 4.71. The lowest BCUT2D eigenvalue weighted by Crippen LogP contribution is -2.43. The molecule has 4 atom stereocenters. The van der Waals surface area contributed by atoms with Crippen LogP contribution in [0.1, 0.15) is 24.4 Å². The van der Waals surface area contributed by atoms with Crippen LogP contribution < -0.4 is 10.1 Å². The molecule has 4 rings (SSSR count). The topological polar surface area (TPSA) is 33.7 Å². The molecule has 1 aromatic carbocycles. The van der Waals surface area contributed by atoms with E-state index < -0.39 is 0 Å². The Morgan fingerprint density at radius 3 is 2.60 bits per heavy atom. The zero-order chi connectivity index (χ0) is 17.1. The van der Waals surface area contributed by atoms with Crippen LogP contribution in [0.3, 0.4) is 0 Å². The second-order valence-electron chi connectivity index (χ2n) is 7.64. The average Bonchev–Trinajstić information content (AvgIpc) is 3.29. The minimum Gasteiger partial charge on any atom is -0.497 e. The first kappa shape index (κ1) is 17.1. The summed E-state index contributed by atoms with van der Waals surface area (Å²) >= 11 is 0. The molecular formula is C21H30N2O2. The molecule has 1 aliphatic heterocycles. The van der Waals surface area contributed by atoms with Crippen LogP contribution in [-0.2, 0) is 4.74 Å². The Bertz CT molecular complexity index is 580. The largest absolute Gasteiger partial charge is 0.497 e.